The lowest BCUT2D eigenvalue weighted by molar-refractivity contribution is 0.0980. The molecule has 0 heterocycles. The summed E-state index contributed by atoms with van der Waals surface area (Å²) in [5.74, 6) is -0.421. The van der Waals surface area contributed by atoms with E-state index in [1.54, 1.807) is 36.4 Å². The van der Waals surface area contributed by atoms with Crippen molar-refractivity contribution in [2.45, 2.75) is 0 Å². The van der Waals surface area contributed by atoms with Crippen molar-refractivity contribution < 1.29 is 9.59 Å². The number of carbonyl (C=O) groups excluding carboxylic acids is 2. The van der Waals surface area contributed by atoms with Gasteiger partial charge in [0.1, 0.15) is 0 Å². The standard InChI is InChI=1S/C20H13BrN2O2/c21-11-4-3-5-12(10-11)23-16-9-8-15(22)17-18(16)20(25)14-7-2-1-6-13(14)19(17)24/h1-10,23H,22H2. The van der Waals surface area contributed by atoms with Gasteiger partial charge in [-0.3, -0.25) is 9.59 Å². The zero-order valence-electron chi connectivity index (χ0n) is 13.0. The maximum Gasteiger partial charge on any atom is 0.196 e. The minimum Gasteiger partial charge on any atom is -0.398 e. The van der Waals surface area contributed by atoms with Crippen LogP contribution in [0.4, 0.5) is 17.1 Å². The van der Waals surface area contributed by atoms with Gasteiger partial charge in [0.25, 0.3) is 0 Å². The number of benzene rings is 3. The van der Waals surface area contributed by atoms with Crippen molar-refractivity contribution in [2.24, 2.45) is 0 Å². The van der Waals surface area contributed by atoms with E-state index in [2.05, 4.69) is 21.2 Å². The molecule has 0 spiro atoms. The summed E-state index contributed by atoms with van der Waals surface area (Å²) in [6, 6.07) is 17.8. The highest BCUT2D eigenvalue weighted by Gasteiger charge is 2.33. The highest BCUT2D eigenvalue weighted by molar-refractivity contribution is 9.10. The van der Waals surface area contributed by atoms with Crippen LogP contribution < -0.4 is 11.1 Å². The van der Waals surface area contributed by atoms with Gasteiger partial charge in [-0.15, -0.1) is 0 Å². The third kappa shape index (κ3) is 2.53. The van der Waals surface area contributed by atoms with Crippen LogP contribution >= 0.6 is 15.9 Å². The molecule has 0 aromatic heterocycles. The minimum atomic E-state index is -0.222. The second kappa shape index (κ2) is 5.86. The van der Waals surface area contributed by atoms with E-state index < -0.39 is 0 Å². The third-order valence-corrected chi connectivity index (χ3v) is 4.70. The highest BCUT2D eigenvalue weighted by atomic mass is 79.9. The zero-order chi connectivity index (χ0) is 17.6. The molecule has 5 heteroatoms. The van der Waals surface area contributed by atoms with Crippen LogP contribution in [-0.2, 0) is 0 Å². The topological polar surface area (TPSA) is 72.2 Å². The van der Waals surface area contributed by atoms with Gasteiger partial charge in [-0.05, 0) is 30.3 Å². The Morgan fingerprint density at radius 1 is 0.800 bits per heavy atom. The summed E-state index contributed by atoms with van der Waals surface area (Å²) >= 11 is 3.42. The molecular weight excluding hydrogens is 380 g/mol. The lowest BCUT2D eigenvalue weighted by Crippen LogP contribution is -2.23. The number of halogens is 1. The fourth-order valence-corrected chi connectivity index (χ4v) is 3.47. The van der Waals surface area contributed by atoms with E-state index >= 15 is 0 Å². The summed E-state index contributed by atoms with van der Waals surface area (Å²) in [6.07, 6.45) is 0. The largest absolute Gasteiger partial charge is 0.398 e. The van der Waals surface area contributed by atoms with Gasteiger partial charge in [0.15, 0.2) is 11.6 Å². The number of rotatable bonds is 2. The quantitative estimate of drug-likeness (QED) is 0.490. The maximum atomic E-state index is 13.0. The third-order valence-electron chi connectivity index (χ3n) is 4.21. The first-order valence-corrected chi connectivity index (χ1v) is 8.49. The van der Waals surface area contributed by atoms with Crippen molar-refractivity contribution in [1.29, 1.82) is 0 Å². The van der Waals surface area contributed by atoms with Gasteiger partial charge in [0.05, 0.1) is 16.8 Å². The van der Waals surface area contributed by atoms with Gasteiger partial charge in [-0.25, -0.2) is 0 Å². The summed E-state index contributed by atoms with van der Waals surface area (Å²) in [5.41, 5.74) is 9.10. The maximum absolute atomic E-state index is 13.0. The SMILES string of the molecule is Nc1ccc(Nc2cccc(Br)c2)c2c1C(=O)c1ccccc1C2=O. The van der Waals surface area contributed by atoms with Crippen LogP contribution in [-0.4, -0.2) is 11.6 Å². The molecule has 4 rings (SSSR count). The summed E-state index contributed by atoms with van der Waals surface area (Å²) in [6.45, 7) is 0. The molecule has 0 atom stereocenters. The highest BCUT2D eigenvalue weighted by Crippen LogP contribution is 2.36. The molecule has 1 aliphatic rings. The van der Waals surface area contributed by atoms with Crippen LogP contribution in [0.2, 0.25) is 0 Å². The molecule has 122 valence electrons. The van der Waals surface area contributed by atoms with Gasteiger partial charge < -0.3 is 11.1 Å². The molecule has 0 radical (unpaired) electrons. The van der Waals surface area contributed by atoms with E-state index in [0.717, 1.165) is 10.2 Å². The zero-order valence-corrected chi connectivity index (χ0v) is 14.6. The van der Waals surface area contributed by atoms with E-state index in [-0.39, 0.29) is 17.1 Å². The number of nitrogen functional groups attached to an aromatic ring is 1. The Bertz CT molecular complexity index is 1040. The predicted octanol–water partition coefficient (Wildman–Crippen LogP) is 4.55. The molecule has 3 aromatic rings. The van der Waals surface area contributed by atoms with Crippen molar-refractivity contribution >= 4 is 44.6 Å². The van der Waals surface area contributed by atoms with Crippen molar-refractivity contribution in [3.63, 3.8) is 0 Å². The van der Waals surface area contributed by atoms with Gasteiger partial charge in [-0.2, -0.15) is 0 Å². The van der Waals surface area contributed by atoms with Crippen LogP contribution in [0.5, 0.6) is 0 Å². The Morgan fingerprint density at radius 3 is 2.16 bits per heavy atom. The van der Waals surface area contributed by atoms with Crippen molar-refractivity contribution in [2.75, 3.05) is 11.1 Å². The van der Waals surface area contributed by atoms with E-state index in [1.165, 1.54) is 0 Å². The Labute approximate surface area is 152 Å². The molecule has 3 N–H and O–H groups in total. The number of nitrogens with two attached hydrogens (primary N) is 1. The molecule has 0 amide bonds. The molecule has 25 heavy (non-hydrogen) atoms. The lowest BCUT2D eigenvalue weighted by atomic mass is 9.82. The first-order chi connectivity index (χ1) is 12.1. The average molecular weight is 393 g/mol. The number of hydrogen-bond donors (Lipinski definition) is 2. The number of carbonyl (C=O) groups is 2. The summed E-state index contributed by atoms with van der Waals surface area (Å²) < 4.78 is 0.912. The van der Waals surface area contributed by atoms with Crippen LogP contribution in [0, 0.1) is 0 Å². The van der Waals surface area contributed by atoms with E-state index in [9.17, 15) is 9.59 Å². The van der Waals surface area contributed by atoms with Crippen molar-refractivity contribution in [1.82, 2.24) is 0 Å². The molecule has 0 fully saturated rings. The van der Waals surface area contributed by atoms with Crippen molar-refractivity contribution in [3.8, 4) is 0 Å². The summed E-state index contributed by atoms with van der Waals surface area (Å²) in [4.78, 5) is 25.9. The molecule has 0 aliphatic heterocycles. The fraction of sp³-hybridized carbons (Fsp3) is 0. The summed E-state index contributed by atoms with van der Waals surface area (Å²) in [7, 11) is 0. The van der Waals surface area contributed by atoms with E-state index in [0.29, 0.717) is 28.1 Å². The second-order valence-electron chi connectivity index (χ2n) is 5.79. The van der Waals surface area contributed by atoms with Gasteiger partial charge in [-0.1, -0.05) is 46.3 Å². The number of nitrogens with one attached hydrogen (secondary N) is 1. The smallest absolute Gasteiger partial charge is 0.196 e. The molecule has 0 unspecified atom stereocenters. The van der Waals surface area contributed by atoms with Crippen LogP contribution in [0.1, 0.15) is 31.8 Å². The van der Waals surface area contributed by atoms with Gasteiger partial charge in [0.2, 0.25) is 0 Å². The number of anilines is 3. The molecule has 0 bridgehead atoms. The molecule has 0 saturated carbocycles. The van der Waals surface area contributed by atoms with Crippen LogP contribution in [0.25, 0.3) is 0 Å². The van der Waals surface area contributed by atoms with E-state index in [1.807, 2.05) is 24.3 Å². The fourth-order valence-electron chi connectivity index (χ4n) is 3.07. The predicted molar refractivity (Wildman–Crippen MR) is 102 cm³/mol. The average Bonchev–Trinajstić information content (AvgIpc) is 2.61. The second-order valence-corrected chi connectivity index (χ2v) is 6.71. The van der Waals surface area contributed by atoms with Gasteiger partial charge in [0, 0.05) is 27.0 Å². The number of hydrogen-bond acceptors (Lipinski definition) is 4. The Kier molecular flexibility index (Phi) is 3.66. The van der Waals surface area contributed by atoms with Crippen LogP contribution in [0.3, 0.4) is 0 Å². The monoisotopic (exact) mass is 392 g/mol. The molecule has 3 aromatic carbocycles. The Morgan fingerprint density at radius 2 is 1.48 bits per heavy atom. The normalized spacial score (nSPS) is 12.5. The van der Waals surface area contributed by atoms with Gasteiger partial charge >= 0.3 is 0 Å². The number of fused-ring (bicyclic) bond motifs is 2. The summed E-state index contributed by atoms with van der Waals surface area (Å²) in [5, 5.41) is 3.22. The Hall–Kier alpha value is -2.92. The molecular formula is C20H13BrN2O2. The molecule has 1 aliphatic carbocycles. The van der Waals surface area contributed by atoms with Crippen molar-refractivity contribution in [3.05, 3.63) is 87.4 Å². The lowest BCUT2D eigenvalue weighted by Gasteiger charge is -2.22. The molecule has 4 nitrogen and oxygen atoms in total. The minimum absolute atomic E-state index is 0.199. The van der Waals surface area contributed by atoms with Crippen LogP contribution in [0.15, 0.2) is 65.1 Å². The first-order valence-electron chi connectivity index (χ1n) is 7.70. The first kappa shape index (κ1) is 15.6. The number of ketones is 2. The van der Waals surface area contributed by atoms with E-state index in [4.69, 9.17) is 5.73 Å². The molecule has 0 saturated heterocycles. The Balaban J connectivity index is 1.90.